The van der Waals surface area contributed by atoms with E-state index >= 15 is 0 Å². The zero-order valence-electron chi connectivity index (χ0n) is 15.6. The minimum atomic E-state index is -0.907. The summed E-state index contributed by atoms with van der Waals surface area (Å²) >= 11 is 1.45. The van der Waals surface area contributed by atoms with E-state index in [0.717, 1.165) is 4.88 Å². The molecule has 4 rings (SSSR count). The van der Waals surface area contributed by atoms with Crippen LogP contribution in [-0.4, -0.2) is 32.8 Å². The van der Waals surface area contributed by atoms with Gasteiger partial charge in [-0.15, -0.1) is 16.4 Å². The number of hydrogen-bond acceptors (Lipinski definition) is 8. The van der Waals surface area contributed by atoms with Crippen molar-refractivity contribution in [2.45, 2.75) is 0 Å². The minimum absolute atomic E-state index is 0.215. The summed E-state index contributed by atoms with van der Waals surface area (Å²) in [5, 5.41) is 17.5. The number of benzene rings is 2. The van der Waals surface area contributed by atoms with Gasteiger partial charge >= 0.3 is 11.7 Å². The molecule has 0 amide bonds. The third kappa shape index (κ3) is 3.76. The number of ether oxygens (including phenoxy) is 2. The number of carbonyl (C=O) groups excluding carboxylic acids is 1. The number of methoxy groups -OCH3 is 1. The number of thiophene rings is 1. The lowest BCUT2D eigenvalue weighted by atomic mass is 10.3. The maximum Gasteiger partial charge on any atom is 0.383 e. The average molecular weight is 422 g/mol. The molecule has 2 aromatic carbocycles. The first-order valence-electron chi connectivity index (χ1n) is 8.68. The fraction of sp³-hybridized carbons (Fsp3) is 0.0500. The Bertz CT molecular complexity index is 1210. The van der Waals surface area contributed by atoms with Gasteiger partial charge in [0.05, 0.1) is 28.7 Å². The summed E-state index contributed by atoms with van der Waals surface area (Å²) < 4.78 is 11.8. The molecular formula is C20H14N4O5S. The number of aromatic nitrogens is 3. The molecule has 9 nitrogen and oxygen atoms in total. The van der Waals surface area contributed by atoms with Gasteiger partial charge in [-0.2, -0.15) is 4.98 Å². The number of esters is 1. The molecule has 0 spiro atoms. The van der Waals surface area contributed by atoms with Crippen molar-refractivity contribution in [2.24, 2.45) is 0 Å². The van der Waals surface area contributed by atoms with Crippen molar-refractivity contribution < 1.29 is 19.2 Å². The predicted molar refractivity (Wildman–Crippen MR) is 109 cm³/mol. The zero-order valence-corrected chi connectivity index (χ0v) is 16.4. The normalized spacial score (nSPS) is 10.6. The first kappa shape index (κ1) is 19.3. The molecule has 2 heterocycles. The number of nitro benzene ring substituents is 1. The van der Waals surface area contributed by atoms with E-state index < -0.39 is 16.6 Å². The highest BCUT2D eigenvalue weighted by atomic mass is 32.1. The van der Waals surface area contributed by atoms with Crippen molar-refractivity contribution in [3.05, 3.63) is 82.0 Å². The summed E-state index contributed by atoms with van der Waals surface area (Å²) in [5.41, 5.74) is 0.312. The van der Waals surface area contributed by atoms with Gasteiger partial charge in [0.2, 0.25) is 5.75 Å². The molecule has 0 saturated heterocycles. The van der Waals surface area contributed by atoms with Gasteiger partial charge in [-0.25, -0.2) is 9.48 Å². The summed E-state index contributed by atoms with van der Waals surface area (Å²) in [6, 6.07) is 16.9. The highest BCUT2D eigenvalue weighted by molar-refractivity contribution is 7.13. The van der Waals surface area contributed by atoms with Crippen molar-refractivity contribution in [3.63, 3.8) is 0 Å². The summed E-state index contributed by atoms with van der Waals surface area (Å²) in [4.78, 5) is 28.5. The van der Waals surface area contributed by atoms with Crippen LogP contribution in [-0.2, 0) is 0 Å². The van der Waals surface area contributed by atoms with Crippen LogP contribution in [0.25, 0.3) is 16.4 Å². The van der Waals surface area contributed by atoms with Gasteiger partial charge in [-0.05, 0) is 35.7 Å². The standard InChI is InChI=1S/C20H14N4O5S/c1-28-14-9-10-16(15(12-14)24(26)27)29-20(25)18-21-19(17-8-5-11-30-17)23(22-18)13-6-3-2-4-7-13/h2-12H,1H3. The summed E-state index contributed by atoms with van der Waals surface area (Å²) in [6.07, 6.45) is 0. The van der Waals surface area contributed by atoms with Gasteiger partial charge < -0.3 is 9.47 Å². The van der Waals surface area contributed by atoms with Gasteiger partial charge in [0.25, 0.3) is 5.82 Å². The molecule has 150 valence electrons. The highest BCUT2D eigenvalue weighted by Gasteiger charge is 2.25. The van der Waals surface area contributed by atoms with Crippen LogP contribution < -0.4 is 9.47 Å². The quantitative estimate of drug-likeness (QED) is 0.199. The Labute approximate surface area is 174 Å². The largest absolute Gasteiger partial charge is 0.496 e. The molecule has 0 atom stereocenters. The van der Waals surface area contributed by atoms with Crippen LogP contribution in [0.1, 0.15) is 10.6 Å². The molecule has 0 aliphatic carbocycles. The first-order valence-corrected chi connectivity index (χ1v) is 9.56. The van der Waals surface area contributed by atoms with Gasteiger partial charge in [0, 0.05) is 0 Å². The fourth-order valence-corrected chi connectivity index (χ4v) is 3.41. The summed E-state index contributed by atoms with van der Waals surface area (Å²) in [5.74, 6) is -0.608. The molecule has 30 heavy (non-hydrogen) atoms. The maximum absolute atomic E-state index is 12.7. The molecule has 0 unspecified atom stereocenters. The Morgan fingerprint density at radius 2 is 1.93 bits per heavy atom. The molecule has 0 saturated carbocycles. The maximum atomic E-state index is 12.7. The molecule has 4 aromatic rings. The third-order valence-electron chi connectivity index (χ3n) is 4.10. The SMILES string of the molecule is COc1ccc(OC(=O)c2nc(-c3cccs3)n(-c3ccccc3)n2)c([N+](=O)[O-])c1. The lowest BCUT2D eigenvalue weighted by molar-refractivity contribution is -0.385. The van der Waals surface area contributed by atoms with E-state index in [9.17, 15) is 14.9 Å². The van der Waals surface area contributed by atoms with Crippen molar-refractivity contribution in [1.29, 1.82) is 0 Å². The number of nitro groups is 1. The second kappa shape index (κ2) is 8.13. The minimum Gasteiger partial charge on any atom is -0.496 e. The van der Waals surface area contributed by atoms with Crippen LogP contribution in [0.2, 0.25) is 0 Å². The number of nitrogens with zero attached hydrogens (tertiary/aromatic N) is 4. The van der Waals surface area contributed by atoms with Gasteiger partial charge in [0.15, 0.2) is 5.82 Å². The lowest BCUT2D eigenvalue weighted by Crippen LogP contribution is -2.12. The van der Waals surface area contributed by atoms with Crippen molar-refractivity contribution in [2.75, 3.05) is 7.11 Å². The third-order valence-corrected chi connectivity index (χ3v) is 4.96. The Morgan fingerprint density at radius 3 is 2.60 bits per heavy atom. The van der Waals surface area contributed by atoms with Crippen LogP contribution in [0, 0.1) is 10.1 Å². The fourth-order valence-electron chi connectivity index (χ4n) is 2.71. The van der Waals surface area contributed by atoms with Crippen LogP contribution in [0.5, 0.6) is 11.5 Å². The van der Waals surface area contributed by atoms with Crippen LogP contribution in [0.15, 0.2) is 66.0 Å². The molecule has 0 radical (unpaired) electrons. The summed E-state index contributed by atoms with van der Waals surface area (Å²) in [7, 11) is 1.39. The molecular weight excluding hydrogens is 408 g/mol. The molecule has 10 heteroatoms. The average Bonchev–Trinajstić information content (AvgIpc) is 3.44. The topological polar surface area (TPSA) is 109 Å². The highest BCUT2D eigenvalue weighted by Crippen LogP contribution is 2.32. The summed E-state index contributed by atoms with van der Waals surface area (Å²) in [6.45, 7) is 0. The zero-order chi connectivity index (χ0) is 21.1. The molecule has 0 N–H and O–H groups in total. The Kier molecular flexibility index (Phi) is 5.22. The number of rotatable bonds is 6. The Morgan fingerprint density at radius 1 is 1.13 bits per heavy atom. The van der Waals surface area contributed by atoms with E-state index in [4.69, 9.17) is 9.47 Å². The van der Waals surface area contributed by atoms with Crippen molar-refractivity contribution >= 4 is 23.0 Å². The van der Waals surface area contributed by atoms with Crippen molar-refractivity contribution in [3.8, 4) is 27.9 Å². The van der Waals surface area contributed by atoms with E-state index in [2.05, 4.69) is 10.1 Å². The molecule has 0 aliphatic heterocycles. The first-order chi connectivity index (χ1) is 14.6. The van der Waals surface area contributed by atoms with E-state index in [0.29, 0.717) is 11.5 Å². The number of hydrogen-bond donors (Lipinski definition) is 0. The van der Waals surface area contributed by atoms with E-state index in [1.165, 1.54) is 41.3 Å². The second-order valence-electron chi connectivity index (χ2n) is 5.96. The van der Waals surface area contributed by atoms with Gasteiger partial charge in [0.1, 0.15) is 5.75 Å². The molecule has 2 aromatic heterocycles. The van der Waals surface area contributed by atoms with Crippen LogP contribution >= 0.6 is 11.3 Å². The molecule has 0 bridgehead atoms. The van der Waals surface area contributed by atoms with E-state index in [1.807, 2.05) is 47.8 Å². The van der Waals surface area contributed by atoms with Crippen LogP contribution in [0.3, 0.4) is 0 Å². The lowest BCUT2D eigenvalue weighted by Gasteiger charge is -2.05. The van der Waals surface area contributed by atoms with Crippen molar-refractivity contribution in [1.82, 2.24) is 14.8 Å². The van der Waals surface area contributed by atoms with Gasteiger partial charge in [-0.3, -0.25) is 10.1 Å². The smallest absolute Gasteiger partial charge is 0.383 e. The van der Waals surface area contributed by atoms with E-state index in [1.54, 1.807) is 0 Å². The van der Waals surface area contributed by atoms with Gasteiger partial charge in [-0.1, -0.05) is 24.3 Å². The number of para-hydroxylation sites is 1. The van der Waals surface area contributed by atoms with Crippen LogP contribution in [0.4, 0.5) is 5.69 Å². The molecule has 0 fully saturated rings. The Balaban J connectivity index is 1.71. The molecule has 0 aliphatic rings. The second-order valence-corrected chi connectivity index (χ2v) is 6.91. The predicted octanol–water partition coefficient (Wildman–Crippen LogP) is 4.13. The van der Waals surface area contributed by atoms with E-state index in [-0.39, 0.29) is 17.3 Å². The Hall–Kier alpha value is -4.05. The monoisotopic (exact) mass is 422 g/mol. The number of carbonyl (C=O) groups is 1.